The summed E-state index contributed by atoms with van der Waals surface area (Å²) in [5.74, 6) is 1.51. The molecule has 0 saturated heterocycles. The number of hydrogen-bond acceptors (Lipinski definition) is 3. The first kappa shape index (κ1) is 12.5. The fourth-order valence-electron chi connectivity index (χ4n) is 1.50. The van der Waals surface area contributed by atoms with Crippen molar-refractivity contribution in [2.75, 3.05) is 5.75 Å². The average molecular weight is 251 g/mol. The molecule has 1 aliphatic rings. The minimum atomic E-state index is 0.0806. The second-order valence-electron chi connectivity index (χ2n) is 4.31. The monoisotopic (exact) mass is 251 g/mol. The fourth-order valence-corrected chi connectivity index (χ4v) is 2.30. The summed E-state index contributed by atoms with van der Waals surface area (Å²) in [7, 11) is 0. The first-order valence-electron chi connectivity index (χ1n) is 5.83. The van der Waals surface area contributed by atoms with Crippen molar-refractivity contribution >= 4 is 17.7 Å². The number of rotatable bonds is 6. The molecule has 0 aromatic heterocycles. The van der Waals surface area contributed by atoms with Crippen molar-refractivity contribution in [3.8, 4) is 0 Å². The number of carbonyl (C=O) groups excluding carboxylic acids is 1. The molecule has 92 valence electrons. The molecule has 1 amide bonds. The Kier molecular flexibility index (Phi) is 4.45. The van der Waals surface area contributed by atoms with Crippen molar-refractivity contribution in [1.82, 2.24) is 5.32 Å². The molecule has 0 bridgehead atoms. The molecule has 3 nitrogen and oxygen atoms in total. The molecule has 17 heavy (non-hydrogen) atoms. The number of aliphatic hydroxyl groups excluding tert-OH is 1. The molecule has 4 heteroatoms. The molecule has 0 aliphatic heterocycles. The molecule has 0 unspecified atom stereocenters. The van der Waals surface area contributed by atoms with Crippen molar-refractivity contribution in [3.05, 3.63) is 35.4 Å². The molecular weight excluding hydrogens is 234 g/mol. The van der Waals surface area contributed by atoms with Gasteiger partial charge in [-0.1, -0.05) is 24.3 Å². The SMILES string of the molecule is O=C(CSCc1ccc(CO)cc1)NC1CC1. The summed E-state index contributed by atoms with van der Waals surface area (Å²) in [6.07, 6.45) is 2.28. The van der Waals surface area contributed by atoms with Gasteiger partial charge in [0.05, 0.1) is 12.4 Å². The maximum atomic E-state index is 11.4. The van der Waals surface area contributed by atoms with E-state index in [2.05, 4.69) is 5.32 Å². The summed E-state index contributed by atoms with van der Waals surface area (Å²) < 4.78 is 0. The number of aliphatic hydroxyl groups is 1. The van der Waals surface area contributed by atoms with Crippen LogP contribution < -0.4 is 5.32 Å². The number of carbonyl (C=O) groups is 1. The van der Waals surface area contributed by atoms with E-state index in [9.17, 15) is 4.79 Å². The second kappa shape index (κ2) is 6.07. The topological polar surface area (TPSA) is 49.3 Å². The molecule has 0 heterocycles. The van der Waals surface area contributed by atoms with Crippen LogP contribution in [0.4, 0.5) is 0 Å². The van der Waals surface area contributed by atoms with Gasteiger partial charge in [-0.2, -0.15) is 0 Å². The van der Waals surface area contributed by atoms with Crippen LogP contribution in [0.2, 0.25) is 0 Å². The smallest absolute Gasteiger partial charge is 0.230 e. The summed E-state index contributed by atoms with van der Waals surface area (Å²) in [6.45, 7) is 0.0806. The number of nitrogens with one attached hydrogen (secondary N) is 1. The highest BCUT2D eigenvalue weighted by atomic mass is 32.2. The third kappa shape index (κ3) is 4.40. The standard InChI is InChI=1S/C13H17NO2S/c15-7-10-1-3-11(4-2-10)8-17-9-13(16)14-12-5-6-12/h1-4,12,15H,5-9H2,(H,14,16). The van der Waals surface area contributed by atoms with Crippen LogP contribution in [0.15, 0.2) is 24.3 Å². The minimum Gasteiger partial charge on any atom is -0.392 e. The Balaban J connectivity index is 1.67. The molecular formula is C13H17NO2S. The van der Waals surface area contributed by atoms with Gasteiger partial charge in [0.25, 0.3) is 0 Å². The lowest BCUT2D eigenvalue weighted by Gasteiger charge is -2.04. The molecule has 0 atom stereocenters. The zero-order valence-electron chi connectivity index (χ0n) is 9.69. The maximum Gasteiger partial charge on any atom is 0.230 e. The minimum absolute atomic E-state index is 0.0806. The first-order chi connectivity index (χ1) is 8.28. The Bertz CT molecular complexity index is 374. The number of amides is 1. The molecule has 2 N–H and O–H groups in total. The summed E-state index contributed by atoms with van der Waals surface area (Å²) in [6, 6.07) is 8.28. The van der Waals surface area contributed by atoms with E-state index in [-0.39, 0.29) is 12.5 Å². The summed E-state index contributed by atoms with van der Waals surface area (Å²) >= 11 is 1.62. The predicted molar refractivity (Wildman–Crippen MR) is 69.7 cm³/mol. The first-order valence-corrected chi connectivity index (χ1v) is 6.99. The fraction of sp³-hybridized carbons (Fsp3) is 0.462. The van der Waals surface area contributed by atoms with Crippen LogP contribution in [0, 0.1) is 0 Å². The van der Waals surface area contributed by atoms with Crippen LogP contribution >= 0.6 is 11.8 Å². The van der Waals surface area contributed by atoms with Gasteiger partial charge in [-0.25, -0.2) is 0 Å². The lowest BCUT2D eigenvalue weighted by Crippen LogP contribution is -2.27. The molecule has 1 fully saturated rings. The normalized spacial score (nSPS) is 14.6. The number of hydrogen-bond donors (Lipinski definition) is 2. The van der Waals surface area contributed by atoms with Gasteiger partial charge >= 0.3 is 0 Å². The summed E-state index contributed by atoms with van der Waals surface area (Å²) in [5.41, 5.74) is 2.11. The van der Waals surface area contributed by atoms with Gasteiger partial charge in [0, 0.05) is 11.8 Å². The quantitative estimate of drug-likeness (QED) is 0.809. The van der Waals surface area contributed by atoms with Crippen LogP contribution in [0.3, 0.4) is 0 Å². The van der Waals surface area contributed by atoms with E-state index >= 15 is 0 Å². The highest BCUT2D eigenvalue weighted by molar-refractivity contribution is 7.99. The summed E-state index contributed by atoms with van der Waals surface area (Å²) in [5, 5.41) is 11.9. The van der Waals surface area contributed by atoms with Crippen LogP contribution in [0.1, 0.15) is 24.0 Å². The largest absolute Gasteiger partial charge is 0.392 e. The van der Waals surface area contributed by atoms with Crippen molar-refractivity contribution in [1.29, 1.82) is 0 Å². The van der Waals surface area contributed by atoms with E-state index in [0.29, 0.717) is 11.8 Å². The van der Waals surface area contributed by atoms with E-state index in [4.69, 9.17) is 5.11 Å². The lowest BCUT2D eigenvalue weighted by atomic mass is 10.2. The molecule has 1 aromatic carbocycles. The number of thioether (sulfide) groups is 1. The van der Waals surface area contributed by atoms with Crippen LogP contribution in [-0.4, -0.2) is 22.8 Å². The van der Waals surface area contributed by atoms with Crippen molar-refractivity contribution in [2.24, 2.45) is 0 Å². The third-order valence-corrected chi connectivity index (χ3v) is 3.65. The van der Waals surface area contributed by atoms with Crippen LogP contribution in [0.5, 0.6) is 0 Å². The maximum absolute atomic E-state index is 11.4. The zero-order valence-corrected chi connectivity index (χ0v) is 10.5. The highest BCUT2D eigenvalue weighted by Crippen LogP contribution is 2.19. The summed E-state index contributed by atoms with van der Waals surface area (Å²) in [4.78, 5) is 11.4. The second-order valence-corrected chi connectivity index (χ2v) is 5.29. The Morgan fingerprint density at radius 3 is 2.53 bits per heavy atom. The Morgan fingerprint density at radius 2 is 1.94 bits per heavy atom. The van der Waals surface area contributed by atoms with E-state index in [1.807, 2.05) is 24.3 Å². The van der Waals surface area contributed by atoms with Gasteiger partial charge in [0.2, 0.25) is 5.91 Å². The van der Waals surface area contributed by atoms with Gasteiger partial charge in [-0.3, -0.25) is 4.79 Å². The van der Waals surface area contributed by atoms with Gasteiger partial charge in [-0.15, -0.1) is 11.8 Å². The molecule has 1 saturated carbocycles. The van der Waals surface area contributed by atoms with E-state index in [0.717, 1.165) is 24.2 Å². The Hall–Kier alpha value is -1.00. The molecule has 2 rings (SSSR count). The van der Waals surface area contributed by atoms with Crippen LogP contribution in [-0.2, 0) is 17.2 Å². The predicted octanol–water partition coefficient (Wildman–Crippen LogP) is 1.69. The Morgan fingerprint density at radius 1 is 1.29 bits per heavy atom. The zero-order chi connectivity index (χ0) is 12.1. The number of benzene rings is 1. The average Bonchev–Trinajstić information content (AvgIpc) is 3.14. The van der Waals surface area contributed by atoms with E-state index in [1.165, 1.54) is 5.56 Å². The Labute approximate surface area is 106 Å². The van der Waals surface area contributed by atoms with Crippen LogP contribution in [0.25, 0.3) is 0 Å². The highest BCUT2D eigenvalue weighted by Gasteiger charge is 2.22. The van der Waals surface area contributed by atoms with Crippen molar-refractivity contribution in [3.63, 3.8) is 0 Å². The molecule has 1 aromatic rings. The molecule has 0 spiro atoms. The van der Waals surface area contributed by atoms with Gasteiger partial charge in [0.1, 0.15) is 0 Å². The van der Waals surface area contributed by atoms with Gasteiger partial charge in [0.15, 0.2) is 0 Å². The van der Waals surface area contributed by atoms with Crippen molar-refractivity contribution in [2.45, 2.75) is 31.2 Å². The lowest BCUT2D eigenvalue weighted by molar-refractivity contribution is -0.118. The third-order valence-electron chi connectivity index (χ3n) is 2.65. The van der Waals surface area contributed by atoms with Gasteiger partial charge < -0.3 is 10.4 Å². The molecule has 1 aliphatic carbocycles. The van der Waals surface area contributed by atoms with E-state index < -0.39 is 0 Å². The van der Waals surface area contributed by atoms with Crippen molar-refractivity contribution < 1.29 is 9.90 Å². The van der Waals surface area contributed by atoms with E-state index in [1.54, 1.807) is 11.8 Å². The van der Waals surface area contributed by atoms with Gasteiger partial charge in [-0.05, 0) is 24.0 Å². The molecule has 0 radical (unpaired) electrons.